The van der Waals surface area contributed by atoms with Crippen molar-refractivity contribution >= 4 is 11.6 Å². The summed E-state index contributed by atoms with van der Waals surface area (Å²) in [6.07, 6.45) is 3.89. The van der Waals surface area contributed by atoms with E-state index in [1.54, 1.807) is 12.3 Å². The van der Waals surface area contributed by atoms with Crippen LogP contribution in [-0.4, -0.2) is 34.9 Å². The quantitative estimate of drug-likeness (QED) is 0.920. The molecule has 5 heteroatoms. The van der Waals surface area contributed by atoms with Gasteiger partial charge in [-0.05, 0) is 38.0 Å². The Balaban J connectivity index is 1.64. The fourth-order valence-electron chi connectivity index (χ4n) is 2.70. The molecule has 0 radical (unpaired) electrons. The van der Waals surface area contributed by atoms with Crippen LogP contribution >= 0.6 is 0 Å². The first kappa shape index (κ1) is 15.3. The van der Waals surface area contributed by atoms with Gasteiger partial charge >= 0.3 is 0 Å². The Hall–Kier alpha value is -2.56. The molecule has 2 heterocycles. The lowest BCUT2D eigenvalue weighted by Gasteiger charge is -2.22. The summed E-state index contributed by atoms with van der Waals surface area (Å²) < 4.78 is 5.71. The second-order valence-electron chi connectivity index (χ2n) is 5.70. The molecule has 1 aliphatic rings. The summed E-state index contributed by atoms with van der Waals surface area (Å²) in [6, 6.07) is 12.8. The molecule has 1 amide bonds. The highest BCUT2D eigenvalue weighted by molar-refractivity contribution is 5.84. The summed E-state index contributed by atoms with van der Waals surface area (Å²) in [5.41, 5.74) is 0.860. The van der Waals surface area contributed by atoms with Crippen LogP contribution in [0.25, 0.3) is 0 Å². The van der Waals surface area contributed by atoms with Crippen LogP contribution in [0.5, 0.6) is 11.6 Å². The Morgan fingerprint density at radius 2 is 2.04 bits per heavy atom. The molecule has 0 spiro atoms. The molecule has 1 aliphatic heterocycles. The smallest absolute Gasteiger partial charge is 0.244 e. The van der Waals surface area contributed by atoms with E-state index >= 15 is 0 Å². The van der Waals surface area contributed by atoms with Crippen molar-refractivity contribution in [1.82, 2.24) is 9.88 Å². The number of carbonyl (C=O) groups is 1. The normalized spacial score (nSPS) is 15.3. The van der Waals surface area contributed by atoms with Crippen molar-refractivity contribution < 1.29 is 9.53 Å². The van der Waals surface area contributed by atoms with Gasteiger partial charge in [-0.1, -0.05) is 12.1 Å². The average molecular weight is 311 g/mol. The van der Waals surface area contributed by atoms with Crippen molar-refractivity contribution in [2.24, 2.45) is 0 Å². The van der Waals surface area contributed by atoms with Gasteiger partial charge in [-0.15, -0.1) is 0 Å². The first-order chi connectivity index (χ1) is 11.2. The third-order valence-electron chi connectivity index (χ3n) is 3.87. The lowest BCUT2D eigenvalue weighted by Crippen LogP contribution is -2.39. The lowest BCUT2D eigenvalue weighted by molar-refractivity contribution is -0.130. The predicted molar refractivity (Wildman–Crippen MR) is 89.7 cm³/mol. The molecule has 0 saturated carbocycles. The molecule has 3 rings (SSSR count). The molecule has 1 aromatic heterocycles. The van der Waals surface area contributed by atoms with Gasteiger partial charge < -0.3 is 15.0 Å². The van der Waals surface area contributed by atoms with Gasteiger partial charge in [0.05, 0.1) is 0 Å². The van der Waals surface area contributed by atoms with Crippen LogP contribution in [-0.2, 0) is 4.79 Å². The number of anilines is 1. The molecule has 0 bridgehead atoms. The molecule has 1 N–H and O–H groups in total. The molecule has 1 saturated heterocycles. The molecular formula is C18H21N3O2. The number of nitrogens with zero attached hydrogens (tertiary/aromatic N) is 2. The maximum absolute atomic E-state index is 12.3. The fourth-order valence-corrected chi connectivity index (χ4v) is 2.70. The van der Waals surface area contributed by atoms with E-state index in [4.69, 9.17) is 4.74 Å². The van der Waals surface area contributed by atoms with E-state index in [2.05, 4.69) is 10.3 Å². The number of rotatable bonds is 5. The molecule has 0 unspecified atom stereocenters. The minimum Gasteiger partial charge on any atom is -0.439 e. The van der Waals surface area contributed by atoms with E-state index in [1.165, 1.54) is 0 Å². The number of aromatic nitrogens is 1. The Morgan fingerprint density at radius 3 is 2.78 bits per heavy atom. The van der Waals surface area contributed by atoms with Crippen molar-refractivity contribution in [1.29, 1.82) is 0 Å². The number of hydrogen-bond donors (Lipinski definition) is 1. The Labute approximate surface area is 136 Å². The number of nitrogens with one attached hydrogen (secondary N) is 1. The highest BCUT2D eigenvalue weighted by atomic mass is 16.5. The molecule has 1 atom stereocenters. The summed E-state index contributed by atoms with van der Waals surface area (Å²) in [5.74, 6) is 1.39. The topological polar surface area (TPSA) is 54.5 Å². The number of amides is 1. The zero-order valence-corrected chi connectivity index (χ0v) is 13.2. The largest absolute Gasteiger partial charge is 0.439 e. The SMILES string of the molecule is C[C@@H](Nc1cccc(Oc2ccccn2)c1)C(=O)N1CCCC1. The van der Waals surface area contributed by atoms with Gasteiger partial charge in [0.25, 0.3) is 0 Å². The van der Waals surface area contributed by atoms with Gasteiger partial charge in [0.1, 0.15) is 11.8 Å². The van der Waals surface area contributed by atoms with Crippen molar-refractivity contribution in [3.63, 3.8) is 0 Å². The van der Waals surface area contributed by atoms with E-state index in [-0.39, 0.29) is 11.9 Å². The predicted octanol–water partition coefficient (Wildman–Crippen LogP) is 3.30. The van der Waals surface area contributed by atoms with Crippen LogP contribution in [0, 0.1) is 0 Å². The zero-order valence-electron chi connectivity index (χ0n) is 13.2. The van der Waals surface area contributed by atoms with Crippen LogP contribution in [0.15, 0.2) is 48.7 Å². The standard InChI is InChI=1S/C18H21N3O2/c1-14(18(22)21-11-4-5-12-21)20-15-7-6-8-16(13-15)23-17-9-2-3-10-19-17/h2-3,6-10,13-14,20H,4-5,11-12H2,1H3/t14-/m1/s1. The summed E-state index contributed by atoms with van der Waals surface area (Å²) in [6.45, 7) is 3.63. The van der Waals surface area contributed by atoms with Crippen LogP contribution in [0.1, 0.15) is 19.8 Å². The van der Waals surface area contributed by atoms with Crippen LogP contribution in [0.4, 0.5) is 5.69 Å². The van der Waals surface area contributed by atoms with Gasteiger partial charge in [0.2, 0.25) is 11.8 Å². The first-order valence-electron chi connectivity index (χ1n) is 7.96. The molecule has 1 fully saturated rings. The van der Waals surface area contributed by atoms with Gasteiger partial charge in [-0.25, -0.2) is 4.98 Å². The number of ether oxygens (including phenoxy) is 1. The van der Waals surface area contributed by atoms with Gasteiger partial charge in [-0.3, -0.25) is 4.79 Å². The summed E-state index contributed by atoms with van der Waals surface area (Å²) >= 11 is 0. The van der Waals surface area contributed by atoms with E-state index in [0.717, 1.165) is 31.6 Å². The van der Waals surface area contributed by atoms with Gasteiger partial charge in [-0.2, -0.15) is 0 Å². The number of benzene rings is 1. The van der Waals surface area contributed by atoms with E-state index in [0.29, 0.717) is 11.6 Å². The number of hydrogen-bond acceptors (Lipinski definition) is 4. The molecule has 120 valence electrons. The summed E-state index contributed by atoms with van der Waals surface area (Å²) in [5, 5.41) is 3.25. The Bertz CT molecular complexity index is 654. The van der Waals surface area contributed by atoms with E-state index in [1.807, 2.05) is 48.2 Å². The van der Waals surface area contributed by atoms with Crippen LogP contribution < -0.4 is 10.1 Å². The van der Waals surface area contributed by atoms with Gasteiger partial charge in [0, 0.05) is 37.1 Å². The maximum Gasteiger partial charge on any atom is 0.244 e. The Morgan fingerprint density at radius 1 is 1.22 bits per heavy atom. The fraction of sp³-hybridized carbons (Fsp3) is 0.333. The lowest BCUT2D eigenvalue weighted by atomic mass is 10.2. The van der Waals surface area contributed by atoms with Crippen molar-refractivity contribution in [3.05, 3.63) is 48.7 Å². The first-order valence-corrected chi connectivity index (χ1v) is 7.96. The maximum atomic E-state index is 12.3. The molecule has 0 aliphatic carbocycles. The third-order valence-corrected chi connectivity index (χ3v) is 3.87. The molecule has 23 heavy (non-hydrogen) atoms. The summed E-state index contributed by atoms with van der Waals surface area (Å²) in [4.78, 5) is 18.4. The second-order valence-corrected chi connectivity index (χ2v) is 5.70. The highest BCUT2D eigenvalue weighted by Crippen LogP contribution is 2.23. The number of likely N-dealkylation sites (tertiary alicyclic amines) is 1. The molecule has 5 nitrogen and oxygen atoms in total. The molecular weight excluding hydrogens is 290 g/mol. The minimum atomic E-state index is -0.252. The van der Waals surface area contributed by atoms with Crippen molar-refractivity contribution in [2.45, 2.75) is 25.8 Å². The average Bonchev–Trinajstić information content (AvgIpc) is 3.10. The number of pyridine rings is 1. The zero-order chi connectivity index (χ0) is 16.1. The molecule has 1 aromatic carbocycles. The second kappa shape index (κ2) is 7.13. The van der Waals surface area contributed by atoms with Crippen molar-refractivity contribution in [2.75, 3.05) is 18.4 Å². The minimum absolute atomic E-state index is 0.151. The monoisotopic (exact) mass is 311 g/mol. The van der Waals surface area contributed by atoms with Crippen LogP contribution in [0.3, 0.4) is 0 Å². The highest BCUT2D eigenvalue weighted by Gasteiger charge is 2.23. The van der Waals surface area contributed by atoms with Gasteiger partial charge in [0.15, 0.2) is 0 Å². The van der Waals surface area contributed by atoms with E-state index < -0.39 is 0 Å². The van der Waals surface area contributed by atoms with Crippen LogP contribution in [0.2, 0.25) is 0 Å². The summed E-state index contributed by atoms with van der Waals surface area (Å²) in [7, 11) is 0. The molecule has 2 aromatic rings. The number of carbonyl (C=O) groups excluding carboxylic acids is 1. The van der Waals surface area contributed by atoms with E-state index in [9.17, 15) is 4.79 Å². The third kappa shape index (κ3) is 4.00. The van der Waals surface area contributed by atoms with Crippen molar-refractivity contribution in [3.8, 4) is 11.6 Å². The Kier molecular flexibility index (Phi) is 4.76.